The number of methoxy groups -OCH3 is 1. The van der Waals surface area contributed by atoms with Crippen molar-refractivity contribution in [2.24, 2.45) is 15.3 Å². The van der Waals surface area contributed by atoms with Gasteiger partial charge in [0.2, 0.25) is 0 Å². The number of ether oxygens (including phenoxy) is 1. The molecule has 25 nitrogen and oxygen atoms in total. The van der Waals surface area contributed by atoms with Crippen LogP contribution in [-0.4, -0.2) is 110 Å². The van der Waals surface area contributed by atoms with Gasteiger partial charge in [0, 0.05) is 53.4 Å². The van der Waals surface area contributed by atoms with Crippen LogP contribution in [0.1, 0.15) is 52.6 Å². The molecular formula is C70H67F3N24O. The Morgan fingerprint density at radius 1 is 0.459 bits per heavy atom. The van der Waals surface area contributed by atoms with Crippen LogP contribution in [-0.2, 0) is 19.6 Å². The van der Waals surface area contributed by atoms with Gasteiger partial charge in [-0.15, -0.1) is 0 Å². The average molecular weight is 1320 g/mol. The number of rotatable bonds is 20. The van der Waals surface area contributed by atoms with E-state index >= 15 is 0 Å². The molecule has 0 atom stereocenters. The number of nitrogens with two attached hydrogens (primary N) is 3. The fraction of sp³-hybridized carbons (Fsp3) is 0.143. The second-order valence-electron chi connectivity index (χ2n) is 22.4. The Morgan fingerprint density at radius 2 is 0.847 bits per heavy atom. The van der Waals surface area contributed by atoms with Crippen molar-refractivity contribution in [2.45, 2.75) is 38.9 Å². The quantitative estimate of drug-likeness (QED) is 0.0260. The number of fused-ring (bicyclic) bond motifs is 3. The Kier molecular flexibility index (Phi) is 20.5. The van der Waals surface area contributed by atoms with E-state index in [1.54, 1.807) is 69.6 Å². The van der Waals surface area contributed by atoms with Crippen LogP contribution in [0.4, 0.5) is 70.8 Å². The summed E-state index contributed by atoms with van der Waals surface area (Å²) >= 11 is 0. The number of aromatic nitrogens is 12. The number of hydrogen-bond acceptors (Lipinski definition) is 22. The van der Waals surface area contributed by atoms with E-state index in [4.69, 9.17) is 21.9 Å². The molecule has 13 aromatic rings. The van der Waals surface area contributed by atoms with Crippen molar-refractivity contribution in [1.82, 2.24) is 69.7 Å². The topological polar surface area (TPSA) is 319 Å². The molecule has 6 aromatic heterocycles. The SMILES string of the molecule is CN/N=C/c1c(N)ncnc1Nc1ccc2c(cnn2Cc2cccc(F)c2)c1.COc1ccc(N/N=C/c2c(N)ncnc2Nc2ccc3c(cnn3Cc3cccc(F)c3)c2)cc1.Nc1ncnc(Nc2ccc3c(cnn3Cc3cccc(F)c3)c2)c1/C=N/N1CCCCC1. The zero-order valence-corrected chi connectivity index (χ0v) is 53.2. The largest absolute Gasteiger partial charge is 0.497 e. The molecule has 0 unspecified atom stereocenters. The molecule has 98 heavy (non-hydrogen) atoms. The molecule has 0 radical (unpaired) electrons. The molecule has 11 N–H and O–H groups in total. The average Bonchev–Trinajstić information content (AvgIpc) is 1.62. The zero-order chi connectivity index (χ0) is 67.7. The van der Waals surface area contributed by atoms with Crippen molar-refractivity contribution in [2.75, 3.05) is 65.8 Å². The number of nitrogens with zero attached hydrogens (tertiary/aromatic N) is 16. The first kappa shape index (κ1) is 65.1. The van der Waals surface area contributed by atoms with Crippen molar-refractivity contribution in [3.63, 3.8) is 0 Å². The summed E-state index contributed by atoms with van der Waals surface area (Å²) in [5, 5.41) is 41.0. The van der Waals surface area contributed by atoms with Crippen LogP contribution in [0, 0.1) is 17.5 Å². The second kappa shape index (κ2) is 30.8. The molecule has 0 saturated carbocycles. The first-order chi connectivity index (χ1) is 47.9. The van der Waals surface area contributed by atoms with Crippen LogP contribution in [0.3, 0.4) is 0 Å². The number of benzene rings is 7. The lowest BCUT2D eigenvalue weighted by Crippen LogP contribution is -2.24. The van der Waals surface area contributed by atoms with Gasteiger partial charge in [0.25, 0.3) is 0 Å². The van der Waals surface area contributed by atoms with Crippen molar-refractivity contribution < 1.29 is 17.9 Å². The zero-order valence-electron chi connectivity index (χ0n) is 53.2. The lowest BCUT2D eigenvalue weighted by Gasteiger charge is -2.23. The van der Waals surface area contributed by atoms with E-state index in [-0.39, 0.29) is 23.3 Å². The van der Waals surface area contributed by atoms with Crippen LogP contribution in [0.5, 0.6) is 5.75 Å². The molecule has 28 heteroatoms. The first-order valence-corrected chi connectivity index (χ1v) is 31.0. The Morgan fingerprint density at radius 3 is 1.23 bits per heavy atom. The number of halogens is 3. The number of hydrazone groups is 3. The number of piperidine rings is 1. The van der Waals surface area contributed by atoms with E-state index in [9.17, 15) is 13.2 Å². The lowest BCUT2D eigenvalue weighted by molar-refractivity contribution is 0.240. The Hall–Kier alpha value is -13.0. The molecule has 1 fully saturated rings. The van der Waals surface area contributed by atoms with Crippen LogP contribution in [0.25, 0.3) is 32.7 Å². The van der Waals surface area contributed by atoms with Crippen LogP contribution >= 0.6 is 0 Å². The van der Waals surface area contributed by atoms with Gasteiger partial charge in [0.1, 0.15) is 77.1 Å². The summed E-state index contributed by atoms with van der Waals surface area (Å²) in [6, 6.07) is 44.5. The highest BCUT2D eigenvalue weighted by molar-refractivity contribution is 5.96. The molecule has 1 aliphatic heterocycles. The molecule has 0 aliphatic carbocycles. The van der Waals surface area contributed by atoms with E-state index < -0.39 is 0 Å². The molecule has 0 amide bonds. The third-order valence-corrected chi connectivity index (χ3v) is 15.6. The van der Waals surface area contributed by atoms with Gasteiger partial charge >= 0.3 is 0 Å². The number of nitrogens with one attached hydrogen (secondary N) is 5. The fourth-order valence-corrected chi connectivity index (χ4v) is 10.7. The number of nitrogen functional groups attached to an aromatic ring is 3. The van der Waals surface area contributed by atoms with E-state index in [0.717, 1.165) is 104 Å². The normalized spacial score (nSPS) is 12.2. The maximum absolute atomic E-state index is 13.5. The maximum atomic E-state index is 13.5. The minimum absolute atomic E-state index is 0.251. The summed E-state index contributed by atoms with van der Waals surface area (Å²) in [4.78, 5) is 25.2. The van der Waals surface area contributed by atoms with Crippen LogP contribution in [0.15, 0.2) is 205 Å². The minimum Gasteiger partial charge on any atom is -0.497 e. The lowest BCUT2D eigenvalue weighted by atomic mass is 10.2. The standard InChI is InChI=1S/C26H23FN8O.C24H25FN8.C20H19FN8/c1-36-22-8-5-20(6-9-22)34-31-14-23-25(28)29-16-30-26(23)33-21-7-10-24-18(12-21)13-32-35(24)15-17-3-2-4-19(27)11-17;25-19-6-4-5-17(11-19)15-33-22-8-7-20(12-18(22)13-30-33)31-24-21(23(26)27-16-28-24)14-29-32-9-2-1-3-10-32;1-23-26-10-17-19(22)24-12-25-20(17)28-16-5-6-18-14(8-16)9-27-29(18)11-13-3-2-4-15(21)7-13/h2-14,16,34H,15H2,1H3,(H3,28,29,30,33);4-8,11-14,16H,1-3,9-10,15H2,(H3,26,27,28,31);2-10,12,23H,11H2,1H3,(H3,22,24,25,28)/b31-14+;29-14+;26-10+. The molecule has 7 aromatic carbocycles. The highest BCUT2D eigenvalue weighted by Crippen LogP contribution is 2.29. The molecule has 14 rings (SSSR count). The first-order valence-electron chi connectivity index (χ1n) is 31.0. The van der Waals surface area contributed by atoms with Crippen molar-refractivity contribution in [1.29, 1.82) is 0 Å². The second-order valence-corrected chi connectivity index (χ2v) is 22.4. The van der Waals surface area contributed by atoms with Crippen LogP contribution < -0.4 is 48.7 Å². The number of anilines is 10. The maximum Gasteiger partial charge on any atom is 0.144 e. The highest BCUT2D eigenvalue weighted by Gasteiger charge is 2.16. The van der Waals surface area contributed by atoms with E-state index in [0.29, 0.717) is 65.4 Å². The fourth-order valence-electron chi connectivity index (χ4n) is 10.7. The number of hydrogen-bond donors (Lipinski definition) is 8. The Bertz CT molecular complexity index is 4990. The third kappa shape index (κ3) is 16.5. The van der Waals surface area contributed by atoms with Gasteiger partial charge in [0.05, 0.1) is 103 Å². The van der Waals surface area contributed by atoms with Gasteiger partial charge in [-0.2, -0.15) is 30.6 Å². The van der Waals surface area contributed by atoms with Gasteiger partial charge in [0.15, 0.2) is 0 Å². The van der Waals surface area contributed by atoms with Crippen molar-refractivity contribution in [3.8, 4) is 5.75 Å². The smallest absolute Gasteiger partial charge is 0.144 e. The summed E-state index contributed by atoms with van der Waals surface area (Å²) < 4.78 is 51.2. The Balaban J connectivity index is 0.000000141. The summed E-state index contributed by atoms with van der Waals surface area (Å²) in [6.45, 7) is 3.35. The van der Waals surface area contributed by atoms with Gasteiger partial charge in [-0.25, -0.2) is 43.1 Å². The molecule has 1 aliphatic rings. The van der Waals surface area contributed by atoms with E-state index in [1.807, 2.05) is 111 Å². The molecule has 0 bridgehead atoms. The van der Waals surface area contributed by atoms with Gasteiger partial charge < -0.3 is 43.3 Å². The monoisotopic (exact) mass is 1320 g/mol. The summed E-state index contributed by atoms with van der Waals surface area (Å²) in [6.07, 6.45) is 18.0. The minimum atomic E-state index is -0.266. The van der Waals surface area contributed by atoms with Gasteiger partial charge in [-0.1, -0.05) is 36.4 Å². The van der Waals surface area contributed by atoms with Gasteiger partial charge in [-0.05, 0) is 151 Å². The molecule has 0 spiro atoms. The van der Waals surface area contributed by atoms with E-state index in [2.05, 4.69) is 92.3 Å². The van der Waals surface area contributed by atoms with Crippen molar-refractivity contribution in [3.05, 3.63) is 240 Å². The summed E-state index contributed by atoms with van der Waals surface area (Å²) in [7, 11) is 3.31. The molecule has 7 heterocycles. The predicted molar refractivity (Wildman–Crippen MR) is 379 cm³/mol. The third-order valence-electron chi connectivity index (χ3n) is 15.6. The highest BCUT2D eigenvalue weighted by atomic mass is 19.1. The molecule has 1 saturated heterocycles. The van der Waals surface area contributed by atoms with E-state index in [1.165, 1.54) is 61.8 Å². The molecule has 494 valence electrons. The van der Waals surface area contributed by atoms with Crippen molar-refractivity contribution >= 4 is 109 Å². The summed E-state index contributed by atoms with van der Waals surface area (Å²) in [5.41, 5.74) is 34.2. The van der Waals surface area contributed by atoms with Crippen LogP contribution in [0.2, 0.25) is 0 Å². The van der Waals surface area contributed by atoms with Gasteiger partial charge in [-0.3, -0.25) is 24.5 Å². The Labute approximate surface area is 560 Å². The molecular weight excluding hydrogens is 1250 g/mol. The summed E-state index contributed by atoms with van der Waals surface area (Å²) in [5.74, 6) is 2.62. The predicted octanol–water partition coefficient (Wildman–Crippen LogP) is 11.8.